The third-order valence-electron chi connectivity index (χ3n) is 3.53. The van der Waals surface area contributed by atoms with E-state index in [-0.39, 0.29) is 23.0 Å². The number of Topliss-reactive ketones (excluding diaryl/α,β-unsaturated/α-hetero) is 1. The quantitative estimate of drug-likeness (QED) is 0.639. The van der Waals surface area contributed by atoms with E-state index in [1.54, 1.807) is 0 Å². The van der Waals surface area contributed by atoms with Crippen LogP contribution in [-0.4, -0.2) is 48.8 Å². The second-order valence-corrected chi connectivity index (χ2v) is 6.98. The van der Waals surface area contributed by atoms with Crippen molar-refractivity contribution in [1.82, 2.24) is 10.2 Å². The van der Waals surface area contributed by atoms with E-state index in [2.05, 4.69) is 31.0 Å². The van der Waals surface area contributed by atoms with Crippen LogP contribution < -0.4 is 11.1 Å². The van der Waals surface area contributed by atoms with Crippen molar-refractivity contribution in [2.45, 2.75) is 54.0 Å². The lowest BCUT2D eigenvalue weighted by atomic mass is 9.93. The van der Waals surface area contributed by atoms with Crippen LogP contribution in [0.5, 0.6) is 0 Å². The van der Waals surface area contributed by atoms with Gasteiger partial charge in [0.2, 0.25) is 5.91 Å². The minimum atomic E-state index is -0.400. The molecule has 3 N–H and O–H groups in total. The minimum Gasteiger partial charge on any atom is -0.345 e. The van der Waals surface area contributed by atoms with Crippen molar-refractivity contribution in [3.8, 4) is 0 Å². The van der Waals surface area contributed by atoms with Gasteiger partial charge in [0.1, 0.15) is 0 Å². The Labute approximate surface area is 129 Å². The second kappa shape index (κ2) is 9.15. The average Bonchev–Trinajstić information content (AvgIpc) is 2.35. The molecule has 0 fully saturated rings. The van der Waals surface area contributed by atoms with Crippen LogP contribution in [0.2, 0.25) is 0 Å². The van der Waals surface area contributed by atoms with Crippen LogP contribution in [0.25, 0.3) is 0 Å². The minimum absolute atomic E-state index is 0.00248. The largest absolute Gasteiger partial charge is 0.345 e. The van der Waals surface area contributed by atoms with Crippen LogP contribution in [0.4, 0.5) is 0 Å². The van der Waals surface area contributed by atoms with Gasteiger partial charge < -0.3 is 11.1 Å². The zero-order chi connectivity index (χ0) is 16.6. The van der Waals surface area contributed by atoms with Crippen molar-refractivity contribution in [2.24, 2.45) is 17.1 Å². The Bertz CT molecular complexity index is 340. The first-order chi connectivity index (χ1) is 9.62. The van der Waals surface area contributed by atoms with Gasteiger partial charge in [-0.15, -0.1) is 0 Å². The van der Waals surface area contributed by atoms with Crippen LogP contribution in [-0.2, 0) is 9.59 Å². The van der Waals surface area contributed by atoms with E-state index in [0.717, 1.165) is 19.5 Å². The molecular weight excluding hydrogens is 266 g/mol. The molecule has 0 aromatic heterocycles. The lowest BCUT2D eigenvalue weighted by molar-refractivity contribution is -0.128. The summed E-state index contributed by atoms with van der Waals surface area (Å²) in [4.78, 5) is 25.9. The molecule has 0 bridgehead atoms. The van der Waals surface area contributed by atoms with E-state index in [4.69, 9.17) is 5.73 Å². The summed E-state index contributed by atoms with van der Waals surface area (Å²) in [7, 11) is 0. The number of rotatable bonds is 10. The van der Waals surface area contributed by atoms with E-state index in [9.17, 15) is 9.59 Å². The zero-order valence-corrected chi connectivity index (χ0v) is 14.5. The highest BCUT2D eigenvalue weighted by Gasteiger charge is 2.24. The molecule has 0 aromatic carbocycles. The topological polar surface area (TPSA) is 75.4 Å². The van der Waals surface area contributed by atoms with Crippen molar-refractivity contribution < 1.29 is 9.59 Å². The lowest BCUT2D eigenvalue weighted by Gasteiger charge is -2.31. The number of amides is 1. The molecule has 21 heavy (non-hydrogen) atoms. The van der Waals surface area contributed by atoms with E-state index >= 15 is 0 Å². The molecule has 0 aromatic rings. The molecule has 0 heterocycles. The Morgan fingerprint density at radius 2 is 1.86 bits per heavy atom. The van der Waals surface area contributed by atoms with Gasteiger partial charge >= 0.3 is 0 Å². The molecule has 0 aliphatic carbocycles. The van der Waals surface area contributed by atoms with Crippen LogP contribution in [0.3, 0.4) is 0 Å². The number of nitrogens with one attached hydrogen (secondary N) is 1. The molecule has 5 nitrogen and oxygen atoms in total. The van der Waals surface area contributed by atoms with Crippen molar-refractivity contribution in [1.29, 1.82) is 0 Å². The fourth-order valence-corrected chi connectivity index (χ4v) is 2.36. The molecule has 1 amide bonds. The van der Waals surface area contributed by atoms with Crippen molar-refractivity contribution in [2.75, 3.05) is 26.2 Å². The SMILES string of the molecule is CCCN(CC(=O)NC(C(C)=O)C(C)C)CC(C)(C)CN. The summed E-state index contributed by atoms with van der Waals surface area (Å²) in [5.74, 6) is 0.0133. The van der Waals surface area contributed by atoms with E-state index < -0.39 is 6.04 Å². The Morgan fingerprint density at radius 1 is 1.29 bits per heavy atom. The normalized spacial score (nSPS) is 13.6. The molecule has 0 aliphatic rings. The van der Waals surface area contributed by atoms with Gasteiger partial charge in [-0.25, -0.2) is 0 Å². The number of nitrogens with two attached hydrogens (primary N) is 1. The number of ketones is 1. The van der Waals surface area contributed by atoms with E-state index in [1.165, 1.54) is 6.92 Å². The standard InChI is InChI=1S/C16H33N3O2/c1-7-8-19(11-16(5,6)10-17)9-14(21)18-15(12(2)3)13(4)20/h12,15H,7-11,17H2,1-6H3,(H,18,21). The molecule has 5 heteroatoms. The summed E-state index contributed by atoms with van der Waals surface area (Å²) < 4.78 is 0. The molecule has 0 rings (SSSR count). The smallest absolute Gasteiger partial charge is 0.234 e. The summed E-state index contributed by atoms with van der Waals surface area (Å²) in [5.41, 5.74) is 5.75. The van der Waals surface area contributed by atoms with Crippen LogP contribution >= 0.6 is 0 Å². The number of carbonyl (C=O) groups excluding carboxylic acids is 2. The summed E-state index contributed by atoms with van der Waals surface area (Å²) in [6.07, 6.45) is 0.980. The number of carbonyl (C=O) groups is 2. The maximum atomic E-state index is 12.2. The molecule has 124 valence electrons. The first-order valence-corrected chi connectivity index (χ1v) is 7.85. The van der Waals surface area contributed by atoms with E-state index in [1.807, 2.05) is 13.8 Å². The van der Waals surface area contributed by atoms with Gasteiger partial charge in [0.15, 0.2) is 5.78 Å². The predicted octanol–water partition coefficient (Wildman–Crippen LogP) is 1.41. The predicted molar refractivity (Wildman–Crippen MR) is 87.0 cm³/mol. The molecule has 0 saturated heterocycles. The van der Waals surface area contributed by atoms with Crippen molar-refractivity contribution in [3.63, 3.8) is 0 Å². The van der Waals surface area contributed by atoms with Crippen LogP contribution in [0.15, 0.2) is 0 Å². The number of nitrogens with zero attached hydrogens (tertiary/aromatic N) is 1. The van der Waals surface area contributed by atoms with Gasteiger partial charge in [-0.05, 0) is 37.8 Å². The summed E-state index contributed by atoms with van der Waals surface area (Å²) in [5, 5.41) is 2.85. The Hall–Kier alpha value is -0.940. The highest BCUT2D eigenvalue weighted by Crippen LogP contribution is 2.15. The fourth-order valence-electron chi connectivity index (χ4n) is 2.36. The third-order valence-corrected chi connectivity index (χ3v) is 3.53. The number of hydrogen-bond acceptors (Lipinski definition) is 4. The highest BCUT2D eigenvalue weighted by atomic mass is 16.2. The van der Waals surface area contributed by atoms with Gasteiger partial charge in [0.25, 0.3) is 0 Å². The highest BCUT2D eigenvalue weighted by molar-refractivity contribution is 5.88. The Morgan fingerprint density at radius 3 is 2.24 bits per heavy atom. The third kappa shape index (κ3) is 8.17. The van der Waals surface area contributed by atoms with Gasteiger partial charge in [-0.1, -0.05) is 34.6 Å². The molecule has 0 radical (unpaired) electrons. The van der Waals surface area contributed by atoms with Gasteiger partial charge in [-0.3, -0.25) is 14.5 Å². The van der Waals surface area contributed by atoms with Crippen LogP contribution in [0.1, 0.15) is 48.0 Å². The molecule has 0 spiro atoms. The zero-order valence-electron chi connectivity index (χ0n) is 14.5. The molecule has 0 aliphatic heterocycles. The molecular formula is C16H33N3O2. The summed E-state index contributed by atoms with van der Waals surface area (Å²) in [6, 6.07) is -0.400. The van der Waals surface area contributed by atoms with Gasteiger partial charge in [0.05, 0.1) is 12.6 Å². The first-order valence-electron chi connectivity index (χ1n) is 7.85. The second-order valence-electron chi connectivity index (χ2n) is 6.98. The number of hydrogen-bond donors (Lipinski definition) is 2. The van der Waals surface area contributed by atoms with Gasteiger partial charge in [0, 0.05) is 6.54 Å². The fraction of sp³-hybridized carbons (Fsp3) is 0.875. The average molecular weight is 299 g/mol. The summed E-state index contributed by atoms with van der Waals surface area (Å²) in [6.45, 7) is 14.2. The molecule has 1 atom stereocenters. The maximum absolute atomic E-state index is 12.2. The monoisotopic (exact) mass is 299 g/mol. The lowest BCUT2D eigenvalue weighted by Crippen LogP contribution is -2.49. The van der Waals surface area contributed by atoms with Crippen molar-refractivity contribution in [3.05, 3.63) is 0 Å². The first kappa shape index (κ1) is 20.1. The molecule has 0 saturated carbocycles. The molecule has 1 unspecified atom stereocenters. The van der Waals surface area contributed by atoms with Crippen LogP contribution in [0, 0.1) is 11.3 Å². The van der Waals surface area contributed by atoms with Gasteiger partial charge in [-0.2, -0.15) is 0 Å². The van der Waals surface area contributed by atoms with Crippen molar-refractivity contribution >= 4 is 11.7 Å². The Balaban J connectivity index is 4.63. The van der Waals surface area contributed by atoms with E-state index in [0.29, 0.717) is 13.1 Å². The Kier molecular flexibility index (Phi) is 8.74. The summed E-state index contributed by atoms with van der Waals surface area (Å²) >= 11 is 0. The maximum Gasteiger partial charge on any atom is 0.234 e.